The molecule has 0 amide bonds. The molecule has 0 spiro atoms. The first kappa shape index (κ1) is 15.2. The molecule has 1 heterocycles. The van der Waals surface area contributed by atoms with E-state index < -0.39 is 46.9 Å². The molecule has 2 unspecified atom stereocenters. The Bertz CT molecular complexity index is 798. The average Bonchev–Trinajstić information content (AvgIpc) is 2.85. The molecular weight excluding hydrogens is 317 g/mol. The lowest BCUT2D eigenvalue weighted by molar-refractivity contribution is -0.155. The van der Waals surface area contributed by atoms with Crippen molar-refractivity contribution in [2.75, 3.05) is 0 Å². The summed E-state index contributed by atoms with van der Waals surface area (Å²) in [7, 11) is 0. The average molecular weight is 326 g/mol. The summed E-state index contributed by atoms with van der Waals surface area (Å²) in [6, 6.07) is 7.47. The summed E-state index contributed by atoms with van der Waals surface area (Å²) in [4.78, 5) is 22.6. The number of benzene rings is 1. The van der Waals surface area contributed by atoms with Crippen LogP contribution in [-0.4, -0.2) is 37.7 Å². The quantitative estimate of drug-likeness (QED) is 0.809. The maximum Gasteiger partial charge on any atom is 0.435 e. The molecule has 23 heavy (non-hydrogen) atoms. The van der Waals surface area contributed by atoms with Gasteiger partial charge in [0, 0.05) is 0 Å². The molecule has 1 saturated carbocycles. The first-order chi connectivity index (χ1) is 10.7. The Kier molecular flexibility index (Phi) is 3.25. The maximum atomic E-state index is 13.2. The second-order valence-electron chi connectivity index (χ2n) is 4.98. The van der Waals surface area contributed by atoms with Gasteiger partial charge in [0.1, 0.15) is 6.10 Å². The number of rotatable bonds is 2. The topological polar surface area (TPSA) is 92.4 Å². The van der Waals surface area contributed by atoms with Crippen LogP contribution >= 0.6 is 0 Å². The van der Waals surface area contributed by atoms with E-state index in [1.165, 1.54) is 24.3 Å². The fraction of sp³-hybridized carbons (Fsp3) is 0.214. The van der Waals surface area contributed by atoms with Gasteiger partial charge in [0.2, 0.25) is 17.4 Å². The molecular formula is C14H9F3N2O4. The Morgan fingerprint density at radius 2 is 1.70 bits per heavy atom. The van der Waals surface area contributed by atoms with Crippen molar-refractivity contribution in [3.8, 4) is 11.6 Å². The van der Waals surface area contributed by atoms with Gasteiger partial charge in [-0.05, 0) is 12.1 Å². The number of hydrogen-bond donors (Lipinski definition) is 2. The molecule has 0 radical (unpaired) electrons. The number of nitrogens with zero attached hydrogens (tertiary/aromatic N) is 2. The highest BCUT2D eigenvalue weighted by molar-refractivity contribution is 6.48. The van der Waals surface area contributed by atoms with Gasteiger partial charge in [-0.2, -0.15) is 18.3 Å². The zero-order valence-corrected chi connectivity index (χ0v) is 11.3. The van der Waals surface area contributed by atoms with E-state index in [1.54, 1.807) is 6.07 Å². The van der Waals surface area contributed by atoms with E-state index in [-0.39, 0.29) is 5.69 Å². The highest BCUT2D eigenvalue weighted by Gasteiger charge is 2.55. The normalized spacial score (nSPS) is 21.4. The summed E-state index contributed by atoms with van der Waals surface area (Å²) in [6.45, 7) is 0. The first-order valence-electron chi connectivity index (χ1n) is 6.44. The Morgan fingerprint density at radius 1 is 1.09 bits per heavy atom. The Hall–Kier alpha value is -2.68. The maximum absolute atomic E-state index is 13.2. The minimum absolute atomic E-state index is 0.134. The van der Waals surface area contributed by atoms with Crippen molar-refractivity contribution in [3.63, 3.8) is 0 Å². The summed E-state index contributed by atoms with van der Waals surface area (Å²) < 4.78 is 40.1. The molecule has 120 valence electrons. The summed E-state index contributed by atoms with van der Waals surface area (Å²) >= 11 is 0. The van der Waals surface area contributed by atoms with Crippen LogP contribution in [0.3, 0.4) is 0 Å². The summed E-state index contributed by atoms with van der Waals surface area (Å²) in [5.74, 6) is -5.08. The van der Waals surface area contributed by atoms with Gasteiger partial charge in [-0.25, -0.2) is 4.68 Å². The number of Topliss-reactive ketones (excluding diaryl/α,β-unsaturated/α-hetero) is 2. The van der Waals surface area contributed by atoms with Crippen LogP contribution in [0.1, 0.15) is 17.2 Å². The molecule has 6 nitrogen and oxygen atoms in total. The zero-order valence-electron chi connectivity index (χ0n) is 11.3. The van der Waals surface area contributed by atoms with Gasteiger partial charge in [-0.3, -0.25) is 9.59 Å². The van der Waals surface area contributed by atoms with Gasteiger partial charge < -0.3 is 10.2 Å². The van der Waals surface area contributed by atoms with E-state index in [2.05, 4.69) is 5.10 Å². The molecule has 1 aliphatic carbocycles. The van der Waals surface area contributed by atoms with Crippen LogP contribution < -0.4 is 0 Å². The zero-order chi connectivity index (χ0) is 16.9. The number of aromatic hydroxyl groups is 1. The van der Waals surface area contributed by atoms with Crippen molar-refractivity contribution >= 4 is 11.6 Å². The van der Waals surface area contributed by atoms with Crippen molar-refractivity contribution in [2.24, 2.45) is 0 Å². The smallest absolute Gasteiger partial charge is 0.435 e. The Labute approximate surface area is 126 Å². The van der Waals surface area contributed by atoms with E-state index >= 15 is 0 Å². The fourth-order valence-corrected chi connectivity index (χ4v) is 2.45. The van der Waals surface area contributed by atoms with Crippen LogP contribution in [0.4, 0.5) is 13.2 Å². The molecule has 1 aromatic carbocycles. The SMILES string of the molecule is O=C1C(=O)C(c2c(C(F)(F)F)nn(-c3ccccc3)c2O)C1O. The molecule has 2 N–H and O–H groups in total. The molecule has 0 saturated heterocycles. The second-order valence-corrected chi connectivity index (χ2v) is 4.98. The van der Waals surface area contributed by atoms with Crippen molar-refractivity contribution in [1.29, 1.82) is 0 Å². The van der Waals surface area contributed by atoms with E-state index in [0.29, 0.717) is 4.68 Å². The van der Waals surface area contributed by atoms with Crippen molar-refractivity contribution < 1.29 is 33.0 Å². The number of aliphatic hydroxyl groups is 1. The number of hydrogen-bond acceptors (Lipinski definition) is 5. The standard InChI is InChI=1S/C14H9F3N2O4/c15-14(16,17)12-8(7-9(20)11(22)10(7)21)13(23)19(18-12)6-4-2-1-3-5-6/h1-5,7,9,20,23H. The van der Waals surface area contributed by atoms with Crippen molar-refractivity contribution in [3.05, 3.63) is 41.6 Å². The highest BCUT2D eigenvalue weighted by atomic mass is 19.4. The van der Waals surface area contributed by atoms with Crippen LogP contribution in [-0.2, 0) is 15.8 Å². The molecule has 0 aliphatic heterocycles. The molecule has 3 rings (SSSR count). The lowest BCUT2D eigenvalue weighted by atomic mass is 9.74. The van der Waals surface area contributed by atoms with Gasteiger partial charge in [-0.15, -0.1) is 0 Å². The lowest BCUT2D eigenvalue weighted by Gasteiger charge is -2.28. The summed E-state index contributed by atoms with van der Waals surface area (Å²) in [5.41, 5.74) is -2.27. The largest absolute Gasteiger partial charge is 0.493 e. The minimum atomic E-state index is -4.97. The Balaban J connectivity index is 2.21. The number of para-hydroxylation sites is 1. The van der Waals surface area contributed by atoms with Crippen LogP contribution in [0.5, 0.6) is 5.88 Å². The van der Waals surface area contributed by atoms with E-state index in [9.17, 15) is 33.0 Å². The van der Waals surface area contributed by atoms with Crippen molar-refractivity contribution in [2.45, 2.75) is 18.2 Å². The predicted octanol–water partition coefficient (Wildman–Crippen LogP) is 1.19. The molecule has 9 heteroatoms. The monoisotopic (exact) mass is 326 g/mol. The third-order valence-electron chi connectivity index (χ3n) is 3.59. The molecule has 1 fully saturated rings. The van der Waals surface area contributed by atoms with Gasteiger partial charge >= 0.3 is 6.18 Å². The second kappa shape index (κ2) is 4.92. The number of alkyl halides is 3. The van der Waals surface area contributed by atoms with Gasteiger partial charge in [0.15, 0.2) is 5.69 Å². The van der Waals surface area contributed by atoms with Crippen LogP contribution in [0.15, 0.2) is 30.3 Å². The fourth-order valence-electron chi connectivity index (χ4n) is 2.45. The number of ketones is 2. The molecule has 1 aromatic heterocycles. The molecule has 2 atom stereocenters. The minimum Gasteiger partial charge on any atom is -0.493 e. The molecule has 1 aliphatic rings. The lowest BCUT2D eigenvalue weighted by Crippen LogP contribution is -2.51. The molecule has 0 bridgehead atoms. The number of carbonyl (C=O) groups is 2. The third-order valence-corrected chi connectivity index (χ3v) is 3.59. The van der Waals surface area contributed by atoms with Gasteiger partial charge in [0.05, 0.1) is 17.2 Å². The van der Waals surface area contributed by atoms with Crippen LogP contribution in [0, 0.1) is 0 Å². The van der Waals surface area contributed by atoms with E-state index in [4.69, 9.17) is 0 Å². The number of aliphatic hydroxyl groups excluding tert-OH is 1. The summed E-state index contributed by atoms with van der Waals surface area (Å²) in [6.07, 6.45) is -6.88. The molecule has 2 aromatic rings. The highest BCUT2D eigenvalue weighted by Crippen LogP contribution is 2.44. The number of halogens is 3. The summed E-state index contributed by atoms with van der Waals surface area (Å²) in [5, 5.41) is 22.9. The van der Waals surface area contributed by atoms with Crippen molar-refractivity contribution in [1.82, 2.24) is 9.78 Å². The predicted molar refractivity (Wildman–Crippen MR) is 69.0 cm³/mol. The number of aromatic nitrogens is 2. The van der Waals surface area contributed by atoms with Gasteiger partial charge in [-0.1, -0.05) is 18.2 Å². The first-order valence-corrected chi connectivity index (χ1v) is 6.44. The van der Waals surface area contributed by atoms with Crippen LogP contribution in [0.25, 0.3) is 5.69 Å². The van der Waals surface area contributed by atoms with E-state index in [1.807, 2.05) is 0 Å². The van der Waals surface area contributed by atoms with E-state index in [0.717, 1.165) is 0 Å². The van der Waals surface area contributed by atoms with Crippen LogP contribution in [0.2, 0.25) is 0 Å². The third kappa shape index (κ3) is 2.20. The Morgan fingerprint density at radius 3 is 2.22 bits per heavy atom. The number of carbonyl (C=O) groups excluding carboxylic acids is 2. The van der Waals surface area contributed by atoms with Gasteiger partial charge in [0.25, 0.3) is 0 Å².